The number of carbonyl (C=O) groups is 5. The standard InChI is InChI=1S/C34H37N5O8/c1-4-34(47-29(42)17-36-27(40)12-6-5-9-13-35-28(41)16-37-31(43)20(2)3)24-15-26-30-22(14-21-10-7-8-11-25(21)38-30)18-39(26)32(44)23(24)19-46-33(34)45/h7-8,10-11,14-15H,2,4-6,9,12-13,16-19H2,1,3H3,(H,35,41)(H,36,40)(H,37,43)/t34-/m0/s1. The summed E-state index contributed by atoms with van der Waals surface area (Å²) >= 11 is 0. The van der Waals surface area contributed by atoms with Crippen molar-refractivity contribution in [1.82, 2.24) is 25.5 Å². The van der Waals surface area contributed by atoms with Crippen LogP contribution in [0.4, 0.5) is 0 Å². The molecule has 0 saturated carbocycles. The van der Waals surface area contributed by atoms with Gasteiger partial charge < -0.3 is 30.0 Å². The number of pyridine rings is 2. The zero-order chi connectivity index (χ0) is 33.7. The van der Waals surface area contributed by atoms with Gasteiger partial charge in [0.2, 0.25) is 23.3 Å². The van der Waals surface area contributed by atoms with Gasteiger partial charge in [0.05, 0.1) is 35.6 Å². The number of ether oxygens (including phenoxy) is 2. The van der Waals surface area contributed by atoms with E-state index in [4.69, 9.17) is 14.5 Å². The van der Waals surface area contributed by atoms with Crippen LogP contribution in [0, 0.1) is 0 Å². The fraction of sp³-hybridized carbons (Fsp3) is 0.382. The Morgan fingerprint density at radius 2 is 1.81 bits per heavy atom. The number of benzene rings is 1. The largest absolute Gasteiger partial charge is 0.457 e. The molecule has 246 valence electrons. The van der Waals surface area contributed by atoms with E-state index >= 15 is 0 Å². The monoisotopic (exact) mass is 643 g/mol. The Bertz CT molecular complexity index is 1850. The molecule has 0 unspecified atom stereocenters. The van der Waals surface area contributed by atoms with Gasteiger partial charge in [-0.25, -0.2) is 9.78 Å². The van der Waals surface area contributed by atoms with E-state index in [9.17, 15) is 28.8 Å². The predicted molar refractivity (Wildman–Crippen MR) is 171 cm³/mol. The van der Waals surface area contributed by atoms with Gasteiger partial charge in [-0.1, -0.05) is 38.1 Å². The van der Waals surface area contributed by atoms with Crippen LogP contribution in [0.2, 0.25) is 0 Å². The van der Waals surface area contributed by atoms with Crippen LogP contribution in [0.25, 0.3) is 22.3 Å². The first kappa shape index (κ1) is 33.0. The van der Waals surface area contributed by atoms with E-state index < -0.39 is 24.1 Å². The smallest absolute Gasteiger partial charge is 0.355 e. The molecule has 0 bridgehead atoms. The lowest BCUT2D eigenvalue weighted by Gasteiger charge is -2.35. The van der Waals surface area contributed by atoms with Crippen molar-refractivity contribution >= 4 is 40.6 Å². The summed E-state index contributed by atoms with van der Waals surface area (Å²) in [6.07, 6.45) is 1.93. The molecule has 4 heterocycles. The Morgan fingerprint density at radius 3 is 2.57 bits per heavy atom. The molecular formula is C34H37N5O8. The normalized spacial score (nSPS) is 15.9. The number of para-hydroxylation sites is 1. The second-order valence-corrected chi connectivity index (χ2v) is 11.6. The van der Waals surface area contributed by atoms with Gasteiger partial charge in [0, 0.05) is 35.1 Å². The van der Waals surface area contributed by atoms with E-state index in [1.807, 2.05) is 30.3 Å². The van der Waals surface area contributed by atoms with E-state index in [-0.39, 0.29) is 60.4 Å². The van der Waals surface area contributed by atoms with Gasteiger partial charge in [-0.15, -0.1) is 0 Å². The molecule has 3 amide bonds. The van der Waals surface area contributed by atoms with Crippen molar-refractivity contribution in [2.75, 3.05) is 19.6 Å². The molecule has 2 aromatic heterocycles. The maximum Gasteiger partial charge on any atom is 0.355 e. The number of aromatic nitrogens is 2. The summed E-state index contributed by atoms with van der Waals surface area (Å²) in [5.41, 5.74) is 1.39. The number of unbranched alkanes of at least 4 members (excludes halogenated alkanes) is 2. The maximum atomic E-state index is 13.7. The molecule has 1 atom stereocenters. The third kappa shape index (κ3) is 6.93. The topological polar surface area (TPSA) is 175 Å². The average Bonchev–Trinajstić information content (AvgIpc) is 3.42. The Morgan fingerprint density at radius 1 is 1.02 bits per heavy atom. The molecule has 0 aliphatic carbocycles. The van der Waals surface area contributed by atoms with Gasteiger partial charge in [0.1, 0.15) is 13.2 Å². The highest BCUT2D eigenvalue weighted by Crippen LogP contribution is 2.40. The first-order valence-electron chi connectivity index (χ1n) is 15.6. The number of carbonyl (C=O) groups excluding carboxylic acids is 5. The second kappa shape index (κ2) is 14.0. The Hall–Kier alpha value is -5.33. The number of esters is 2. The van der Waals surface area contributed by atoms with Gasteiger partial charge in [-0.2, -0.15) is 0 Å². The number of hydrogen-bond donors (Lipinski definition) is 3. The lowest BCUT2D eigenvalue weighted by atomic mass is 9.85. The number of fused-ring (bicyclic) bond motifs is 5. The zero-order valence-electron chi connectivity index (χ0n) is 26.4. The summed E-state index contributed by atoms with van der Waals surface area (Å²) in [7, 11) is 0. The highest BCUT2D eigenvalue weighted by atomic mass is 16.6. The van der Waals surface area contributed by atoms with Crippen LogP contribution in [0.3, 0.4) is 0 Å². The lowest BCUT2D eigenvalue weighted by molar-refractivity contribution is -0.189. The fourth-order valence-corrected chi connectivity index (χ4v) is 5.76. The first-order chi connectivity index (χ1) is 22.5. The van der Waals surface area contributed by atoms with Crippen molar-refractivity contribution in [3.8, 4) is 11.4 Å². The molecular weight excluding hydrogens is 606 g/mol. The molecule has 13 heteroatoms. The van der Waals surface area contributed by atoms with Crippen LogP contribution >= 0.6 is 0 Å². The minimum absolute atomic E-state index is 0.0101. The fourth-order valence-electron chi connectivity index (χ4n) is 5.76. The Balaban J connectivity index is 1.17. The number of hydrogen-bond acceptors (Lipinski definition) is 9. The van der Waals surface area contributed by atoms with E-state index in [0.29, 0.717) is 49.3 Å². The SMILES string of the molecule is C=C(C)C(=O)NCC(=O)NCCCCCC(=O)NCC(=O)O[C@]1(CC)C(=O)OCc2c1cc1n(c2=O)Cc2cc3ccccc3nc2-1. The van der Waals surface area contributed by atoms with Crippen molar-refractivity contribution in [3.05, 3.63) is 75.6 Å². The Labute approximate surface area is 270 Å². The molecule has 2 aliphatic rings. The number of cyclic esters (lactones) is 1. The quantitative estimate of drug-likeness (QED) is 0.112. The molecule has 3 aromatic rings. The summed E-state index contributed by atoms with van der Waals surface area (Å²) in [6, 6.07) is 11.3. The summed E-state index contributed by atoms with van der Waals surface area (Å²) < 4.78 is 12.7. The van der Waals surface area contributed by atoms with Crippen LogP contribution in [-0.2, 0) is 52.2 Å². The molecule has 47 heavy (non-hydrogen) atoms. The highest BCUT2D eigenvalue weighted by molar-refractivity contribution is 5.94. The number of nitrogens with zero attached hydrogens (tertiary/aromatic N) is 2. The molecule has 0 fully saturated rings. The van der Waals surface area contributed by atoms with Gasteiger partial charge in [0.25, 0.3) is 5.56 Å². The molecule has 0 spiro atoms. The van der Waals surface area contributed by atoms with Crippen molar-refractivity contribution in [2.24, 2.45) is 0 Å². The number of amides is 3. The molecule has 5 rings (SSSR count). The minimum Gasteiger partial charge on any atom is -0.457 e. The van der Waals surface area contributed by atoms with Crippen LogP contribution in [0.5, 0.6) is 0 Å². The molecule has 2 aliphatic heterocycles. The Kier molecular flexibility index (Phi) is 9.83. The van der Waals surface area contributed by atoms with Gasteiger partial charge in [0.15, 0.2) is 0 Å². The predicted octanol–water partition coefficient (Wildman–Crippen LogP) is 2.12. The number of nitrogens with one attached hydrogen (secondary N) is 3. The molecule has 0 radical (unpaired) electrons. The third-order valence-electron chi connectivity index (χ3n) is 8.30. The first-order valence-corrected chi connectivity index (χ1v) is 15.6. The summed E-state index contributed by atoms with van der Waals surface area (Å²) in [6.45, 7) is 6.55. The molecule has 1 aromatic carbocycles. The van der Waals surface area contributed by atoms with Crippen LogP contribution in [0.1, 0.15) is 62.6 Å². The average molecular weight is 644 g/mol. The third-order valence-corrected chi connectivity index (χ3v) is 8.30. The van der Waals surface area contributed by atoms with Crippen molar-refractivity contribution in [2.45, 2.75) is 64.7 Å². The van der Waals surface area contributed by atoms with Gasteiger partial charge in [-0.05, 0) is 44.4 Å². The zero-order valence-corrected chi connectivity index (χ0v) is 26.4. The maximum absolute atomic E-state index is 13.7. The van der Waals surface area contributed by atoms with Crippen LogP contribution in [-0.4, -0.2) is 58.8 Å². The van der Waals surface area contributed by atoms with E-state index in [1.165, 1.54) is 0 Å². The summed E-state index contributed by atoms with van der Waals surface area (Å²) in [5, 5.41) is 8.60. The molecule has 13 nitrogen and oxygen atoms in total. The van der Waals surface area contributed by atoms with Gasteiger partial charge >= 0.3 is 11.9 Å². The van der Waals surface area contributed by atoms with Crippen LogP contribution < -0.4 is 21.5 Å². The minimum atomic E-state index is -1.86. The van der Waals surface area contributed by atoms with E-state index in [1.54, 1.807) is 24.5 Å². The van der Waals surface area contributed by atoms with Crippen molar-refractivity contribution in [1.29, 1.82) is 0 Å². The lowest BCUT2D eigenvalue weighted by Crippen LogP contribution is -2.48. The molecule has 3 N–H and O–H groups in total. The van der Waals surface area contributed by atoms with Crippen molar-refractivity contribution < 1.29 is 33.4 Å². The molecule has 0 saturated heterocycles. The number of rotatable bonds is 13. The van der Waals surface area contributed by atoms with E-state index in [2.05, 4.69) is 22.5 Å². The van der Waals surface area contributed by atoms with E-state index in [0.717, 1.165) is 16.5 Å². The summed E-state index contributed by atoms with van der Waals surface area (Å²) in [4.78, 5) is 80.3. The summed E-state index contributed by atoms with van der Waals surface area (Å²) in [5.74, 6) is -2.73. The van der Waals surface area contributed by atoms with Crippen LogP contribution in [0.15, 0.2) is 53.3 Å². The second-order valence-electron chi connectivity index (χ2n) is 11.6. The van der Waals surface area contributed by atoms with Gasteiger partial charge in [-0.3, -0.25) is 24.0 Å². The highest BCUT2D eigenvalue weighted by Gasteiger charge is 2.50. The van der Waals surface area contributed by atoms with Crippen molar-refractivity contribution in [3.63, 3.8) is 0 Å².